The number of rotatable bonds is 6. The van der Waals surface area contributed by atoms with Crippen LogP contribution in [0.4, 0.5) is 5.82 Å². The van der Waals surface area contributed by atoms with Gasteiger partial charge < -0.3 is 0 Å². The summed E-state index contributed by atoms with van der Waals surface area (Å²) in [7, 11) is 3.11. The van der Waals surface area contributed by atoms with Crippen LogP contribution in [0.5, 0.6) is 0 Å². The van der Waals surface area contributed by atoms with Crippen LogP contribution >= 0.6 is 27.3 Å². The Morgan fingerprint density at radius 3 is 2.46 bits per heavy atom. The second-order valence-electron chi connectivity index (χ2n) is 6.67. The Hall–Kier alpha value is -1.65. The highest BCUT2D eigenvalue weighted by Gasteiger charge is 2.38. The molecule has 0 bridgehead atoms. The molecule has 3 aromatic rings. The van der Waals surface area contributed by atoms with E-state index >= 15 is 0 Å². The molecule has 9 heteroatoms. The summed E-state index contributed by atoms with van der Waals surface area (Å²) in [4.78, 5) is 32.9. The molecule has 150 valence electrons. The maximum atomic E-state index is 13.0. The van der Waals surface area contributed by atoms with Crippen LogP contribution in [0.15, 0.2) is 27.5 Å². The predicted octanol–water partition coefficient (Wildman–Crippen LogP) is 4.49. The number of aryl methyl sites for hydroxylation is 1. The fourth-order valence-corrected chi connectivity index (χ4v) is 4.69. The molecule has 3 rings (SSSR count). The number of hydrogen-bond acceptors (Lipinski definition) is 6. The molecule has 2 heterocycles. The quantitative estimate of drug-likeness (QED) is 0.394. The summed E-state index contributed by atoms with van der Waals surface area (Å²) in [6, 6.07) is 6.02. The van der Waals surface area contributed by atoms with E-state index < -0.39 is 0 Å². The Morgan fingerprint density at radius 1 is 1.25 bits per heavy atom. The number of quaternary nitrogens is 1. The van der Waals surface area contributed by atoms with Crippen molar-refractivity contribution >= 4 is 43.4 Å². The maximum Gasteiger partial charge on any atom is 0.317 e. The van der Waals surface area contributed by atoms with Crippen molar-refractivity contribution in [3.8, 4) is 5.69 Å². The Morgan fingerprint density at radius 2 is 1.93 bits per heavy atom. The van der Waals surface area contributed by atoms with Crippen LogP contribution in [-0.2, 0) is 9.68 Å². The third-order valence-electron chi connectivity index (χ3n) is 4.73. The highest BCUT2D eigenvalue weighted by atomic mass is 79.9. The van der Waals surface area contributed by atoms with Gasteiger partial charge in [0.1, 0.15) is 26.6 Å². The van der Waals surface area contributed by atoms with Gasteiger partial charge in [-0.15, -0.1) is 0 Å². The maximum absolute atomic E-state index is 13.0. The molecule has 0 unspecified atom stereocenters. The highest BCUT2D eigenvalue weighted by Crippen LogP contribution is 2.34. The third-order valence-corrected chi connectivity index (χ3v) is 6.30. The zero-order chi connectivity index (χ0) is 20.6. The SMILES string of the molecule is CC[N+](OC)(OC)c1nc(C)nc2c1sc(=O)n2-c1ccc(C(C)C)cc1Br. The fraction of sp³-hybridized carbons (Fsp3) is 0.421. The molecule has 7 nitrogen and oxygen atoms in total. The summed E-state index contributed by atoms with van der Waals surface area (Å²) in [6.45, 7) is 8.47. The van der Waals surface area contributed by atoms with Crippen molar-refractivity contribution in [2.24, 2.45) is 0 Å². The Bertz CT molecular complexity index is 1060. The molecule has 0 radical (unpaired) electrons. The van der Waals surface area contributed by atoms with E-state index in [4.69, 9.17) is 9.68 Å². The smallest absolute Gasteiger partial charge is 0.256 e. The molecule has 0 saturated carbocycles. The zero-order valence-corrected chi connectivity index (χ0v) is 19.2. The largest absolute Gasteiger partial charge is 0.317 e. The molecule has 0 atom stereocenters. The number of thiazole rings is 1. The molecular formula is C19H24BrN4O3S+. The van der Waals surface area contributed by atoms with E-state index in [0.717, 1.165) is 21.5 Å². The Labute approximate surface area is 176 Å². The molecule has 2 aromatic heterocycles. The van der Waals surface area contributed by atoms with Gasteiger partial charge >= 0.3 is 10.7 Å². The van der Waals surface area contributed by atoms with Gasteiger partial charge in [0.25, 0.3) is 0 Å². The van der Waals surface area contributed by atoms with E-state index in [2.05, 4.69) is 39.7 Å². The molecule has 28 heavy (non-hydrogen) atoms. The minimum Gasteiger partial charge on any atom is -0.256 e. The number of fused-ring (bicyclic) bond motifs is 1. The summed E-state index contributed by atoms with van der Waals surface area (Å²) in [5.74, 6) is 1.45. The number of halogens is 1. The number of hydroxylamine groups is 2. The van der Waals surface area contributed by atoms with Gasteiger partial charge in [-0.1, -0.05) is 31.3 Å². The fourth-order valence-electron chi connectivity index (χ4n) is 3.16. The van der Waals surface area contributed by atoms with E-state index in [9.17, 15) is 4.79 Å². The van der Waals surface area contributed by atoms with Crippen LogP contribution in [0, 0.1) is 6.92 Å². The van der Waals surface area contributed by atoms with Gasteiger partial charge in [-0.25, -0.2) is 9.55 Å². The molecule has 1 aromatic carbocycles. The van der Waals surface area contributed by atoms with Crippen LogP contribution in [-0.4, -0.2) is 35.3 Å². The molecule has 0 aliphatic rings. The first-order valence-corrected chi connectivity index (χ1v) is 10.6. The molecule has 0 aliphatic heterocycles. The molecule has 0 saturated heterocycles. The van der Waals surface area contributed by atoms with Crippen molar-refractivity contribution in [2.45, 2.75) is 33.6 Å². The van der Waals surface area contributed by atoms with Crippen LogP contribution in [0.25, 0.3) is 16.0 Å². The first-order chi connectivity index (χ1) is 13.3. The van der Waals surface area contributed by atoms with E-state index in [0.29, 0.717) is 34.5 Å². The molecule has 0 aliphatic carbocycles. The van der Waals surface area contributed by atoms with Crippen molar-refractivity contribution < 1.29 is 9.68 Å². The van der Waals surface area contributed by atoms with Crippen LogP contribution in [0.3, 0.4) is 0 Å². The second-order valence-corrected chi connectivity index (χ2v) is 8.49. The predicted molar refractivity (Wildman–Crippen MR) is 116 cm³/mol. The summed E-state index contributed by atoms with van der Waals surface area (Å²) >= 11 is 4.71. The lowest BCUT2D eigenvalue weighted by Gasteiger charge is -2.26. The van der Waals surface area contributed by atoms with E-state index in [1.54, 1.807) is 25.7 Å². The zero-order valence-electron chi connectivity index (χ0n) is 16.8. The summed E-state index contributed by atoms with van der Waals surface area (Å²) < 4.78 is 3.09. The molecule has 0 fully saturated rings. The van der Waals surface area contributed by atoms with Gasteiger partial charge in [0.05, 0.1) is 5.69 Å². The van der Waals surface area contributed by atoms with Crippen molar-refractivity contribution in [3.63, 3.8) is 0 Å². The van der Waals surface area contributed by atoms with Gasteiger partial charge in [0.2, 0.25) is 0 Å². The number of hydrogen-bond donors (Lipinski definition) is 0. The standard InChI is InChI=1S/C19H24BrN4O3S/c1-7-24(26-5,27-6)18-16-17(21-12(4)22-18)23(19(25)28-16)15-9-8-13(11(2)3)10-14(15)20/h8-11H,7H2,1-6H3/q+1. The van der Waals surface area contributed by atoms with E-state index in [-0.39, 0.29) is 9.68 Å². The van der Waals surface area contributed by atoms with Crippen molar-refractivity contribution in [2.75, 3.05) is 20.8 Å². The van der Waals surface area contributed by atoms with E-state index in [1.807, 2.05) is 25.1 Å². The normalized spacial score (nSPS) is 12.3. The molecule has 0 amide bonds. The summed E-state index contributed by atoms with van der Waals surface area (Å²) in [6.07, 6.45) is 0. The minimum atomic E-state index is -0.257. The number of nitrogens with zero attached hydrogens (tertiary/aromatic N) is 4. The van der Waals surface area contributed by atoms with Gasteiger partial charge in [-0.3, -0.25) is 4.79 Å². The topological polar surface area (TPSA) is 66.2 Å². The van der Waals surface area contributed by atoms with Gasteiger partial charge in [-0.2, -0.15) is 14.7 Å². The highest BCUT2D eigenvalue weighted by molar-refractivity contribution is 9.10. The lowest BCUT2D eigenvalue weighted by atomic mass is 10.0. The average molecular weight is 468 g/mol. The Balaban J connectivity index is 2.33. The first-order valence-electron chi connectivity index (χ1n) is 8.98. The monoisotopic (exact) mass is 467 g/mol. The van der Waals surface area contributed by atoms with Crippen LogP contribution in [0.1, 0.15) is 38.1 Å². The van der Waals surface area contributed by atoms with Crippen molar-refractivity contribution in [1.82, 2.24) is 19.3 Å². The minimum absolute atomic E-state index is 0.143. The van der Waals surface area contributed by atoms with Gasteiger partial charge in [0, 0.05) is 9.28 Å². The first kappa shape index (κ1) is 21.1. The second kappa shape index (κ2) is 8.00. The Kier molecular flexibility index (Phi) is 6.02. The summed E-state index contributed by atoms with van der Waals surface area (Å²) in [5.41, 5.74) is 2.48. The third kappa shape index (κ3) is 3.42. The average Bonchev–Trinajstić information content (AvgIpc) is 2.99. The molecule has 0 spiro atoms. The summed E-state index contributed by atoms with van der Waals surface area (Å²) in [5, 5.41) is 0. The van der Waals surface area contributed by atoms with Crippen molar-refractivity contribution in [3.05, 3.63) is 43.7 Å². The lowest BCUT2D eigenvalue weighted by Crippen LogP contribution is -2.47. The van der Waals surface area contributed by atoms with Crippen LogP contribution < -0.4 is 9.68 Å². The molecular weight excluding hydrogens is 444 g/mol. The lowest BCUT2D eigenvalue weighted by molar-refractivity contribution is -0.325. The molecule has 0 N–H and O–H groups in total. The van der Waals surface area contributed by atoms with E-state index in [1.165, 1.54) is 5.56 Å². The number of benzene rings is 1. The van der Waals surface area contributed by atoms with Crippen LogP contribution in [0.2, 0.25) is 0 Å². The van der Waals surface area contributed by atoms with Gasteiger partial charge in [0.15, 0.2) is 10.3 Å². The van der Waals surface area contributed by atoms with Gasteiger partial charge in [-0.05, 0) is 53.4 Å². The number of aromatic nitrogens is 3. The van der Waals surface area contributed by atoms with Crippen molar-refractivity contribution in [1.29, 1.82) is 0 Å².